The molecule has 0 aromatic rings. The molecule has 1 aliphatic heterocycles. The minimum Gasteiger partial charge on any atom is -0.353 e. The van der Waals surface area contributed by atoms with Crippen LogP contribution in [0.2, 0.25) is 0 Å². The van der Waals surface area contributed by atoms with Gasteiger partial charge in [-0.05, 0) is 26.2 Å². The molecule has 1 atom stereocenters. The molecule has 0 bridgehead atoms. The van der Waals surface area contributed by atoms with Gasteiger partial charge >= 0.3 is 6.03 Å². The van der Waals surface area contributed by atoms with Gasteiger partial charge in [0.05, 0.1) is 0 Å². The van der Waals surface area contributed by atoms with E-state index in [-0.39, 0.29) is 18.0 Å². The lowest BCUT2D eigenvalue weighted by molar-refractivity contribution is -0.126. The molecule has 5 heteroatoms. The number of nitrogens with zero attached hydrogens (tertiary/aromatic N) is 1. The van der Waals surface area contributed by atoms with Crippen LogP contribution in [0.3, 0.4) is 0 Å². The summed E-state index contributed by atoms with van der Waals surface area (Å²) in [5.74, 6) is -0.0648. The molecule has 0 aromatic carbocycles. The Bertz CT molecular complexity index is 276. The largest absolute Gasteiger partial charge is 0.353 e. The summed E-state index contributed by atoms with van der Waals surface area (Å²) in [4.78, 5) is 24.7. The number of carbonyl (C=O) groups is 2. The first-order chi connectivity index (χ1) is 7.18. The van der Waals surface area contributed by atoms with Gasteiger partial charge in [-0.15, -0.1) is 0 Å². The van der Waals surface area contributed by atoms with Crippen molar-refractivity contribution in [3.05, 3.63) is 0 Å². The molecule has 0 radical (unpaired) electrons. The topological polar surface area (TPSA) is 61.4 Å². The molecule has 84 valence electrons. The number of piperazine rings is 1. The van der Waals surface area contributed by atoms with Gasteiger partial charge in [-0.1, -0.05) is 0 Å². The molecule has 2 N–H and O–H groups in total. The zero-order chi connectivity index (χ0) is 10.8. The van der Waals surface area contributed by atoms with Gasteiger partial charge in [0.1, 0.15) is 6.04 Å². The van der Waals surface area contributed by atoms with E-state index in [4.69, 9.17) is 0 Å². The minimum atomic E-state index is -0.348. The molecule has 0 aromatic heterocycles. The Labute approximate surface area is 89.2 Å². The number of carbonyl (C=O) groups excluding carboxylic acids is 2. The standard InChI is InChI=1S/C10H17N3O2/c1-7-9(14)11-5-6-13(7)10(15)12-8-3-2-4-8/h7-8H,2-6H2,1H3,(H,11,14)(H,12,15). The van der Waals surface area contributed by atoms with Gasteiger partial charge in [-0.2, -0.15) is 0 Å². The van der Waals surface area contributed by atoms with Crippen molar-refractivity contribution < 1.29 is 9.59 Å². The Balaban J connectivity index is 1.89. The van der Waals surface area contributed by atoms with Gasteiger partial charge < -0.3 is 15.5 Å². The summed E-state index contributed by atoms with van der Waals surface area (Å²) >= 11 is 0. The third kappa shape index (κ3) is 2.06. The molecule has 1 unspecified atom stereocenters. The summed E-state index contributed by atoms with van der Waals surface area (Å²) in [7, 11) is 0. The van der Waals surface area contributed by atoms with E-state index in [1.165, 1.54) is 6.42 Å². The minimum absolute atomic E-state index is 0.0648. The van der Waals surface area contributed by atoms with E-state index in [0.717, 1.165) is 12.8 Å². The maximum absolute atomic E-state index is 11.8. The van der Waals surface area contributed by atoms with Gasteiger partial charge in [-0.3, -0.25) is 4.79 Å². The van der Waals surface area contributed by atoms with Crippen molar-refractivity contribution in [3.8, 4) is 0 Å². The predicted molar refractivity (Wildman–Crippen MR) is 55.3 cm³/mol. The van der Waals surface area contributed by atoms with E-state index < -0.39 is 0 Å². The van der Waals surface area contributed by atoms with Gasteiger partial charge in [0, 0.05) is 19.1 Å². The first-order valence-corrected chi connectivity index (χ1v) is 5.53. The fraction of sp³-hybridized carbons (Fsp3) is 0.800. The zero-order valence-corrected chi connectivity index (χ0v) is 8.95. The highest BCUT2D eigenvalue weighted by Gasteiger charge is 2.31. The molecule has 1 heterocycles. The fourth-order valence-corrected chi connectivity index (χ4v) is 1.87. The lowest BCUT2D eigenvalue weighted by atomic mass is 9.93. The Morgan fingerprint density at radius 2 is 2.27 bits per heavy atom. The molecular formula is C10H17N3O2. The van der Waals surface area contributed by atoms with E-state index in [9.17, 15) is 9.59 Å². The first-order valence-electron chi connectivity index (χ1n) is 5.53. The summed E-state index contributed by atoms with van der Waals surface area (Å²) < 4.78 is 0. The number of urea groups is 1. The van der Waals surface area contributed by atoms with Crippen molar-refractivity contribution in [2.45, 2.75) is 38.3 Å². The molecule has 1 saturated carbocycles. The highest BCUT2D eigenvalue weighted by Crippen LogP contribution is 2.18. The van der Waals surface area contributed by atoms with Crippen LogP contribution in [0.15, 0.2) is 0 Å². The van der Waals surface area contributed by atoms with Gasteiger partial charge in [0.2, 0.25) is 5.91 Å². The normalized spacial score (nSPS) is 26.9. The molecule has 3 amide bonds. The second kappa shape index (κ2) is 4.08. The Morgan fingerprint density at radius 1 is 1.53 bits per heavy atom. The summed E-state index contributed by atoms with van der Waals surface area (Å²) in [5.41, 5.74) is 0. The first kappa shape index (κ1) is 10.3. The average Bonchev–Trinajstić information content (AvgIpc) is 2.15. The van der Waals surface area contributed by atoms with Crippen LogP contribution in [0.25, 0.3) is 0 Å². The van der Waals surface area contributed by atoms with Crippen LogP contribution in [0.1, 0.15) is 26.2 Å². The number of hydrogen-bond acceptors (Lipinski definition) is 2. The Morgan fingerprint density at radius 3 is 2.87 bits per heavy atom. The summed E-state index contributed by atoms with van der Waals surface area (Å²) in [6.07, 6.45) is 3.33. The van der Waals surface area contributed by atoms with Gasteiger partial charge in [-0.25, -0.2) is 4.79 Å². The van der Waals surface area contributed by atoms with E-state index in [1.807, 2.05) is 0 Å². The van der Waals surface area contributed by atoms with Crippen LogP contribution in [0.4, 0.5) is 4.79 Å². The SMILES string of the molecule is CC1C(=O)NCCN1C(=O)NC1CCC1. The molecule has 0 spiro atoms. The van der Waals surface area contributed by atoms with Crippen LogP contribution in [0.5, 0.6) is 0 Å². The highest BCUT2D eigenvalue weighted by atomic mass is 16.2. The monoisotopic (exact) mass is 211 g/mol. The molecule has 2 rings (SSSR count). The number of amides is 3. The van der Waals surface area contributed by atoms with Crippen molar-refractivity contribution in [2.24, 2.45) is 0 Å². The summed E-state index contributed by atoms with van der Waals surface area (Å²) in [5, 5.41) is 5.68. The third-order valence-electron chi connectivity index (χ3n) is 3.19. The molecular weight excluding hydrogens is 194 g/mol. The van der Waals surface area contributed by atoms with Crippen molar-refractivity contribution in [1.29, 1.82) is 0 Å². The van der Waals surface area contributed by atoms with E-state index >= 15 is 0 Å². The van der Waals surface area contributed by atoms with Crippen molar-refractivity contribution in [1.82, 2.24) is 15.5 Å². The average molecular weight is 211 g/mol. The summed E-state index contributed by atoms with van der Waals surface area (Å²) in [6.45, 7) is 2.92. The second-order valence-corrected chi connectivity index (χ2v) is 4.24. The second-order valence-electron chi connectivity index (χ2n) is 4.24. The smallest absolute Gasteiger partial charge is 0.318 e. The summed E-state index contributed by atoms with van der Waals surface area (Å²) in [6, 6.07) is -0.115. The van der Waals surface area contributed by atoms with Crippen LogP contribution >= 0.6 is 0 Å². The van der Waals surface area contributed by atoms with Crippen molar-refractivity contribution in [3.63, 3.8) is 0 Å². The van der Waals surface area contributed by atoms with Crippen molar-refractivity contribution in [2.75, 3.05) is 13.1 Å². The lowest BCUT2D eigenvalue weighted by Crippen LogP contribution is -2.59. The van der Waals surface area contributed by atoms with Crippen molar-refractivity contribution >= 4 is 11.9 Å². The Kier molecular flexibility index (Phi) is 2.79. The maximum Gasteiger partial charge on any atom is 0.318 e. The quantitative estimate of drug-likeness (QED) is 0.644. The molecule has 1 saturated heterocycles. The van der Waals surface area contributed by atoms with Gasteiger partial charge in [0.25, 0.3) is 0 Å². The number of nitrogens with one attached hydrogen (secondary N) is 2. The third-order valence-corrected chi connectivity index (χ3v) is 3.19. The maximum atomic E-state index is 11.8. The Hall–Kier alpha value is -1.26. The van der Waals surface area contributed by atoms with Crippen LogP contribution in [-0.2, 0) is 4.79 Å². The molecule has 5 nitrogen and oxygen atoms in total. The lowest BCUT2D eigenvalue weighted by Gasteiger charge is -2.35. The number of hydrogen-bond donors (Lipinski definition) is 2. The van der Waals surface area contributed by atoms with Gasteiger partial charge in [0.15, 0.2) is 0 Å². The van der Waals surface area contributed by atoms with E-state index in [2.05, 4.69) is 10.6 Å². The zero-order valence-electron chi connectivity index (χ0n) is 8.95. The van der Waals surface area contributed by atoms with E-state index in [1.54, 1.807) is 11.8 Å². The predicted octanol–water partition coefficient (Wildman–Crippen LogP) is 0.0688. The molecule has 2 fully saturated rings. The fourth-order valence-electron chi connectivity index (χ4n) is 1.87. The highest BCUT2D eigenvalue weighted by molar-refractivity contribution is 5.87. The molecule has 2 aliphatic rings. The molecule has 15 heavy (non-hydrogen) atoms. The van der Waals surface area contributed by atoms with Crippen LogP contribution < -0.4 is 10.6 Å². The van der Waals surface area contributed by atoms with Crippen LogP contribution in [-0.4, -0.2) is 42.0 Å². The van der Waals surface area contributed by atoms with Crippen LogP contribution in [0, 0.1) is 0 Å². The number of rotatable bonds is 1. The molecule has 1 aliphatic carbocycles. The van der Waals surface area contributed by atoms with E-state index in [0.29, 0.717) is 19.1 Å².